The molecule has 0 spiro atoms. The number of rotatable bonds is 5. The number of nitro groups is 1. The third-order valence-electron chi connectivity index (χ3n) is 3.07. The van der Waals surface area contributed by atoms with Crippen LogP contribution in [0.1, 0.15) is 5.56 Å². The number of para-hydroxylation sites is 1. The first-order chi connectivity index (χ1) is 10.1. The predicted molar refractivity (Wildman–Crippen MR) is 78.6 cm³/mol. The first-order valence-electron chi connectivity index (χ1n) is 6.37. The van der Waals surface area contributed by atoms with Gasteiger partial charge in [0.15, 0.2) is 0 Å². The number of nitrogens with zero attached hydrogens (tertiary/aromatic N) is 2. The molecule has 2 aromatic carbocycles. The molecule has 0 bridgehead atoms. The highest BCUT2D eigenvalue weighted by Crippen LogP contribution is 2.16. The van der Waals surface area contributed by atoms with Crippen LogP contribution in [0.2, 0.25) is 0 Å². The second-order valence-electron chi connectivity index (χ2n) is 4.44. The molecule has 0 aliphatic carbocycles. The van der Waals surface area contributed by atoms with E-state index in [4.69, 9.17) is 0 Å². The molecule has 0 fully saturated rings. The number of hydrogen-bond acceptors (Lipinski definition) is 3. The molecule has 6 nitrogen and oxygen atoms in total. The van der Waals surface area contributed by atoms with E-state index in [2.05, 4.69) is 0 Å². The molecule has 2 aromatic rings. The molecule has 1 amide bonds. The molecular weight excluding hydrogens is 272 g/mol. The van der Waals surface area contributed by atoms with Crippen molar-refractivity contribution >= 4 is 17.5 Å². The molecule has 0 atom stereocenters. The van der Waals surface area contributed by atoms with E-state index < -0.39 is 11.0 Å². The standard InChI is InChI=1S/C15H14N2O4/c18-15(19)16(13-4-2-1-3-5-13)11-10-12-6-8-14(9-7-12)17(20)21/h1-9H,10-11H2,(H,18,19). The van der Waals surface area contributed by atoms with Crippen molar-refractivity contribution in [3.05, 3.63) is 70.3 Å². The number of benzene rings is 2. The summed E-state index contributed by atoms with van der Waals surface area (Å²) in [5.41, 5.74) is 1.48. The molecule has 0 saturated carbocycles. The normalized spacial score (nSPS) is 10.1. The van der Waals surface area contributed by atoms with Crippen LogP contribution < -0.4 is 4.90 Å². The lowest BCUT2D eigenvalue weighted by Gasteiger charge is -2.19. The second-order valence-corrected chi connectivity index (χ2v) is 4.44. The first-order valence-corrected chi connectivity index (χ1v) is 6.37. The zero-order chi connectivity index (χ0) is 15.2. The number of nitro benzene ring substituents is 1. The van der Waals surface area contributed by atoms with E-state index in [-0.39, 0.29) is 12.2 Å². The molecular formula is C15H14N2O4. The van der Waals surface area contributed by atoms with E-state index in [1.54, 1.807) is 36.4 Å². The van der Waals surface area contributed by atoms with Gasteiger partial charge >= 0.3 is 6.09 Å². The van der Waals surface area contributed by atoms with E-state index in [0.717, 1.165) is 5.56 Å². The maximum absolute atomic E-state index is 11.3. The molecule has 6 heteroatoms. The Morgan fingerprint density at radius 2 is 1.71 bits per heavy atom. The van der Waals surface area contributed by atoms with Gasteiger partial charge in [-0.2, -0.15) is 0 Å². The highest BCUT2D eigenvalue weighted by Gasteiger charge is 2.14. The SMILES string of the molecule is O=C(O)N(CCc1ccc([N+](=O)[O-])cc1)c1ccccc1. The van der Waals surface area contributed by atoms with Crippen LogP contribution in [0.3, 0.4) is 0 Å². The fraction of sp³-hybridized carbons (Fsp3) is 0.133. The van der Waals surface area contributed by atoms with Crippen LogP contribution in [-0.2, 0) is 6.42 Å². The molecule has 0 aliphatic heterocycles. The lowest BCUT2D eigenvalue weighted by molar-refractivity contribution is -0.384. The summed E-state index contributed by atoms with van der Waals surface area (Å²) < 4.78 is 0. The number of amides is 1. The smallest absolute Gasteiger partial charge is 0.411 e. The maximum atomic E-state index is 11.3. The van der Waals surface area contributed by atoms with E-state index >= 15 is 0 Å². The molecule has 0 saturated heterocycles. The first kappa shape index (κ1) is 14.5. The average Bonchev–Trinajstić information content (AvgIpc) is 2.48. The predicted octanol–water partition coefficient (Wildman–Crippen LogP) is 3.32. The van der Waals surface area contributed by atoms with Crippen LogP contribution in [0.5, 0.6) is 0 Å². The van der Waals surface area contributed by atoms with Gasteiger partial charge in [0.2, 0.25) is 0 Å². The minimum Gasteiger partial charge on any atom is -0.465 e. The van der Waals surface area contributed by atoms with Crippen molar-refractivity contribution in [3.63, 3.8) is 0 Å². The Hall–Kier alpha value is -2.89. The monoisotopic (exact) mass is 286 g/mol. The lowest BCUT2D eigenvalue weighted by Crippen LogP contribution is -2.31. The van der Waals surface area contributed by atoms with Crippen LogP contribution in [0.4, 0.5) is 16.2 Å². The quantitative estimate of drug-likeness (QED) is 0.675. The maximum Gasteiger partial charge on any atom is 0.411 e. The summed E-state index contributed by atoms with van der Waals surface area (Å²) in [5.74, 6) is 0. The van der Waals surface area contributed by atoms with Gasteiger partial charge in [-0.3, -0.25) is 15.0 Å². The van der Waals surface area contributed by atoms with Crippen molar-refractivity contribution < 1.29 is 14.8 Å². The number of non-ortho nitro benzene ring substituents is 1. The Bertz CT molecular complexity index is 626. The van der Waals surface area contributed by atoms with Gasteiger partial charge in [-0.15, -0.1) is 0 Å². The molecule has 0 unspecified atom stereocenters. The molecule has 0 radical (unpaired) electrons. The number of anilines is 1. The lowest BCUT2D eigenvalue weighted by atomic mass is 10.1. The molecule has 0 heterocycles. The van der Waals surface area contributed by atoms with Gasteiger partial charge in [0.25, 0.3) is 5.69 Å². The molecule has 0 aromatic heterocycles. The van der Waals surface area contributed by atoms with Crippen molar-refractivity contribution in [1.82, 2.24) is 0 Å². The van der Waals surface area contributed by atoms with Crippen LogP contribution in [0, 0.1) is 10.1 Å². The summed E-state index contributed by atoms with van der Waals surface area (Å²) in [6, 6.07) is 14.9. The van der Waals surface area contributed by atoms with Gasteiger partial charge in [-0.25, -0.2) is 4.79 Å². The van der Waals surface area contributed by atoms with Crippen LogP contribution in [-0.4, -0.2) is 22.7 Å². The molecule has 0 aliphatic rings. The van der Waals surface area contributed by atoms with Gasteiger partial charge in [-0.1, -0.05) is 30.3 Å². The largest absolute Gasteiger partial charge is 0.465 e. The average molecular weight is 286 g/mol. The van der Waals surface area contributed by atoms with Crippen molar-refractivity contribution in [2.45, 2.75) is 6.42 Å². The highest BCUT2D eigenvalue weighted by atomic mass is 16.6. The van der Waals surface area contributed by atoms with Gasteiger partial charge in [-0.05, 0) is 24.1 Å². The summed E-state index contributed by atoms with van der Waals surface area (Å²) in [7, 11) is 0. The summed E-state index contributed by atoms with van der Waals surface area (Å²) in [6.45, 7) is 0.289. The Labute approximate surface area is 121 Å². The van der Waals surface area contributed by atoms with Crippen molar-refractivity contribution in [1.29, 1.82) is 0 Å². The van der Waals surface area contributed by atoms with Gasteiger partial charge in [0.1, 0.15) is 0 Å². The van der Waals surface area contributed by atoms with E-state index in [9.17, 15) is 20.0 Å². The Balaban J connectivity index is 2.05. The molecule has 21 heavy (non-hydrogen) atoms. The fourth-order valence-corrected chi connectivity index (χ4v) is 1.97. The van der Waals surface area contributed by atoms with E-state index in [0.29, 0.717) is 12.1 Å². The second kappa shape index (κ2) is 6.51. The summed E-state index contributed by atoms with van der Waals surface area (Å²) in [4.78, 5) is 22.7. The van der Waals surface area contributed by atoms with Crippen molar-refractivity contribution in [3.8, 4) is 0 Å². The van der Waals surface area contributed by atoms with Crippen LogP contribution in [0.25, 0.3) is 0 Å². The highest BCUT2D eigenvalue weighted by molar-refractivity contribution is 5.85. The number of carbonyl (C=O) groups is 1. The van der Waals surface area contributed by atoms with Gasteiger partial charge in [0.05, 0.1) is 4.92 Å². The number of hydrogen-bond donors (Lipinski definition) is 1. The fourth-order valence-electron chi connectivity index (χ4n) is 1.97. The Kier molecular flexibility index (Phi) is 4.50. The third kappa shape index (κ3) is 3.79. The Morgan fingerprint density at radius 1 is 1.10 bits per heavy atom. The molecule has 1 N–H and O–H groups in total. The van der Waals surface area contributed by atoms with E-state index in [1.165, 1.54) is 17.0 Å². The molecule has 108 valence electrons. The van der Waals surface area contributed by atoms with Crippen molar-refractivity contribution in [2.75, 3.05) is 11.4 Å². The zero-order valence-electron chi connectivity index (χ0n) is 11.2. The van der Waals surface area contributed by atoms with Gasteiger partial charge in [0, 0.05) is 24.4 Å². The van der Waals surface area contributed by atoms with Crippen LogP contribution in [0.15, 0.2) is 54.6 Å². The minimum absolute atomic E-state index is 0.0249. The van der Waals surface area contributed by atoms with Crippen molar-refractivity contribution in [2.24, 2.45) is 0 Å². The summed E-state index contributed by atoms with van der Waals surface area (Å²) >= 11 is 0. The molecule has 2 rings (SSSR count). The number of carboxylic acid groups (broad SMARTS) is 1. The topological polar surface area (TPSA) is 83.7 Å². The summed E-state index contributed by atoms with van der Waals surface area (Å²) in [5, 5.41) is 19.8. The zero-order valence-corrected chi connectivity index (χ0v) is 11.2. The Morgan fingerprint density at radius 3 is 2.24 bits per heavy atom. The van der Waals surface area contributed by atoms with E-state index in [1.807, 2.05) is 6.07 Å². The van der Waals surface area contributed by atoms with Crippen LogP contribution >= 0.6 is 0 Å². The van der Waals surface area contributed by atoms with Gasteiger partial charge < -0.3 is 5.11 Å². The third-order valence-corrected chi connectivity index (χ3v) is 3.07. The minimum atomic E-state index is -1.02. The summed E-state index contributed by atoms with van der Waals surface area (Å²) in [6.07, 6.45) is -0.540.